The molecular formula is C49H49ClN4O3Si. The summed E-state index contributed by atoms with van der Waals surface area (Å²) in [6, 6.07) is 49.2. The number of H-pyrrole nitrogens is 1. The molecule has 294 valence electrons. The number of ketones is 1. The molecule has 6 aromatic rings. The molecule has 1 fully saturated rings. The molecule has 0 spiro atoms. The number of nitrogens with zero attached hydrogens (tertiary/aromatic N) is 3. The molecular weight excluding hydrogens is 756 g/mol. The van der Waals surface area contributed by atoms with Gasteiger partial charge in [0, 0.05) is 54.8 Å². The van der Waals surface area contributed by atoms with Crippen LogP contribution in [0.4, 0.5) is 0 Å². The Kier molecular flexibility index (Phi) is 11.7. The topological polar surface area (TPSA) is 79.3 Å². The van der Waals surface area contributed by atoms with Crippen molar-refractivity contribution in [2.45, 2.75) is 51.4 Å². The van der Waals surface area contributed by atoms with Gasteiger partial charge in [0.05, 0.1) is 23.9 Å². The van der Waals surface area contributed by atoms with Gasteiger partial charge in [0.1, 0.15) is 17.2 Å². The van der Waals surface area contributed by atoms with Crippen LogP contribution in [-0.4, -0.2) is 61.1 Å². The molecule has 5 aromatic carbocycles. The van der Waals surface area contributed by atoms with Crippen LogP contribution in [0.15, 0.2) is 162 Å². The quantitative estimate of drug-likeness (QED) is 0.0932. The first kappa shape index (κ1) is 39.4. The predicted octanol–water partition coefficient (Wildman–Crippen LogP) is 9.55. The molecule has 0 amide bonds. The molecule has 2 atom stereocenters. The molecule has 0 aliphatic carbocycles. The summed E-state index contributed by atoms with van der Waals surface area (Å²) < 4.78 is 13.5. The summed E-state index contributed by atoms with van der Waals surface area (Å²) in [6.45, 7) is 10.2. The first-order valence-corrected chi connectivity index (χ1v) is 22.3. The monoisotopic (exact) mass is 804 g/mol. The normalized spacial score (nSPS) is 17.9. The standard InChI is InChI=1S/C49H49ClN4O3Si/c1-49(2,3)58(40-20-12-6-13-21-40,41-22-14-7-15-23-41)56-34-37-28-36(33-54(37)32-35-16-8-4-9-17-35)30-52-46-43-26-27-51-45(43)31-53-47(46)48(55)42-25-24-39(29-44(42)50)57-38-18-10-5-11-19-38/h4-27,29,36-37,51H,28,30-34H2,1-3H3/t36-,37-/m0/s1. The Morgan fingerprint density at radius 2 is 1.48 bits per heavy atom. The lowest BCUT2D eigenvalue weighted by molar-refractivity contribution is 0.106. The summed E-state index contributed by atoms with van der Waals surface area (Å²) in [5, 5.41) is 2.73. The predicted molar refractivity (Wildman–Crippen MR) is 238 cm³/mol. The van der Waals surface area contributed by atoms with Gasteiger partial charge in [-0.15, -0.1) is 0 Å². The average Bonchev–Trinajstić information content (AvgIpc) is 3.88. The highest BCUT2D eigenvalue weighted by Gasteiger charge is 2.51. The minimum absolute atomic E-state index is 0.125. The highest BCUT2D eigenvalue weighted by molar-refractivity contribution is 6.99. The van der Waals surface area contributed by atoms with E-state index in [1.54, 1.807) is 18.2 Å². The number of hydrogen-bond donors (Lipinski definition) is 1. The van der Waals surface area contributed by atoms with E-state index in [4.69, 9.17) is 30.7 Å². The first-order chi connectivity index (χ1) is 28.2. The minimum Gasteiger partial charge on any atom is -0.457 e. The molecule has 1 N–H and O–H groups in total. The summed E-state index contributed by atoms with van der Waals surface area (Å²) in [7, 11) is -2.75. The second-order valence-corrected chi connectivity index (χ2v) is 21.0. The van der Waals surface area contributed by atoms with Crippen LogP contribution in [0.1, 0.15) is 54.4 Å². The van der Waals surface area contributed by atoms with Crippen molar-refractivity contribution in [2.75, 3.05) is 19.7 Å². The van der Waals surface area contributed by atoms with Gasteiger partial charge in [-0.3, -0.25) is 19.7 Å². The second-order valence-electron chi connectivity index (χ2n) is 16.3. The number of rotatable bonds is 13. The Labute approximate surface area is 347 Å². The molecule has 2 aliphatic heterocycles. The van der Waals surface area contributed by atoms with Crippen molar-refractivity contribution in [2.24, 2.45) is 15.9 Å². The molecule has 0 saturated carbocycles. The van der Waals surface area contributed by atoms with Crippen LogP contribution in [-0.2, 0) is 17.5 Å². The van der Waals surface area contributed by atoms with E-state index < -0.39 is 8.32 Å². The van der Waals surface area contributed by atoms with Gasteiger partial charge in [0.25, 0.3) is 8.32 Å². The zero-order valence-corrected chi connectivity index (χ0v) is 35.0. The van der Waals surface area contributed by atoms with Crippen molar-refractivity contribution in [3.8, 4) is 11.5 Å². The molecule has 1 saturated heterocycles. The molecule has 1 aromatic heterocycles. The van der Waals surface area contributed by atoms with Crippen molar-refractivity contribution in [3.63, 3.8) is 0 Å². The number of aromatic amines is 1. The Bertz CT molecular complexity index is 2360. The number of hydrogen-bond acceptors (Lipinski definition) is 6. The first-order valence-electron chi connectivity index (χ1n) is 20.1. The average molecular weight is 805 g/mol. The zero-order valence-electron chi connectivity index (χ0n) is 33.3. The maximum absolute atomic E-state index is 14.3. The number of fused-ring (bicyclic) bond motifs is 1. The van der Waals surface area contributed by atoms with Gasteiger partial charge < -0.3 is 14.1 Å². The number of halogens is 1. The van der Waals surface area contributed by atoms with Crippen LogP contribution < -0.4 is 15.1 Å². The van der Waals surface area contributed by atoms with Crippen LogP contribution in [0.25, 0.3) is 0 Å². The van der Waals surface area contributed by atoms with E-state index >= 15 is 0 Å². The summed E-state index contributed by atoms with van der Waals surface area (Å²) >= 11 is 6.77. The van der Waals surface area contributed by atoms with Crippen LogP contribution in [0, 0.1) is 5.92 Å². The van der Waals surface area contributed by atoms with Gasteiger partial charge in [-0.2, -0.15) is 0 Å². The molecule has 0 bridgehead atoms. The number of nitrogens with one attached hydrogen (secondary N) is 1. The molecule has 58 heavy (non-hydrogen) atoms. The molecule has 9 heteroatoms. The number of aromatic nitrogens is 1. The number of aliphatic imine (C=N–C) groups is 2. The van der Waals surface area contributed by atoms with E-state index in [0.717, 1.165) is 30.8 Å². The zero-order chi connectivity index (χ0) is 40.1. The molecule has 0 radical (unpaired) electrons. The van der Waals surface area contributed by atoms with Gasteiger partial charge in [0.15, 0.2) is 0 Å². The lowest BCUT2D eigenvalue weighted by atomic mass is 9.95. The maximum Gasteiger partial charge on any atom is 0.261 e. The number of ether oxygens (including phenoxy) is 1. The highest BCUT2D eigenvalue weighted by atomic mass is 35.5. The highest BCUT2D eigenvalue weighted by Crippen LogP contribution is 2.38. The third-order valence-corrected chi connectivity index (χ3v) is 16.7. The van der Waals surface area contributed by atoms with Gasteiger partial charge >= 0.3 is 0 Å². The fraction of sp³-hybridized carbons (Fsp3) is 0.245. The van der Waals surface area contributed by atoms with E-state index in [-0.39, 0.29) is 22.8 Å². The van der Waals surface area contributed by atoms with Crippen LogP contribution in [0.5, 0.6) is 11.5 Å². The lowest BCUT2D eigenvalue weighted by Gasteiger charge is -2.44. The summed E-state index contributed by atoms with van der Waals surface area (Å²) in [5.41, 5.74) is 4.42. The molecule has 0 unspecified atom stereocenters. The SMILES string of the molecule is CC(C)(C)[Si](OC[C@@H]1C[C@@H](CN=C2C(C(=O)c3ccc(Oc4ccccc4)cc3Cl)=NCc3[nH]ccc32)CN1Cc1ccccc1)(c1ccccc1)c1ccccc1. The number of benzene rings is 5. The van der Waals surface area contributed by atoms with Crippen LogP contribution in [0.3, 0.4) is 0 Å². The summed E-state index contributed by atoms with van der Waals surface area (Å²) in [6.07, 6.45) is 2.80. The molecule has 3 heterocycles. The van der Waals surface area contributed by atoms with Crippen molar-refractivity contribution in [1.82, 2.24) is 9.88 Å². The van der Waals surface area contributed by atoms with Crippen molar-refractivity contribution < 1.29 is 14.0 Å². The largest absolute Gasteiger partial charge is 0.457 e. The third kappa shape index (κ3) is 8.29. The third-order valence-electron chi connectivity index (χ3n) is 11.3. The maximum atomic E-state index is 14.3. The number of Topliss-reactive ketones (excluding diaryl/α,β-unsaturated/α-hetero) is 1. The smallest absolute Gasteiger partial charge is 0.261 e. The summed E-state index contributed by atoms with van der Waals surface area (Å²) in [5.74, 6) is 1.22. The minimum atomic E-state index is -2.75. The summed E-state index contributed by atoms with van der Waals surface area (Å²) in [4.78, 5) is 30.2. The van der Waals surface area contributed by atoms with Crippen molar-refractivity contribution in [1.29, 1.82) is 0 Å². The Hall–Kier alpha value is -5.38. The number of likely N-dealkylation sites (tertiary alicyclic amines) is 1. The van der Waals surface area contributed by atoms with Gasteiger partial charge in [-0.05, 0) is 63.6 Å². The van der Waals surface area contributed by atoms with Gasteiger partial charge in [-0.1, -0.05) is 142 Å². The molecule has 7 nitrogen and oxygen atoms in total. The number of para-hydroxylation sites is 1. The van der Waals surface area contributed by atoms with Crippen molar-refractivity contribution in [3.05, 3.63) is 179 Å². The van der Waals surface area contributed by atoms with E-state index in [9.17, 15) is 4.79 Å². The fourth-order valence-electron chi connectivity index (χ4n) is 8.56. The van der Waals surface area contributed by atoms with Crippen LogP contribution >= 0.6 is 11.6 Å². The van der Waals surface area contributed by atoms with Gasteiger partial charge in [-0.25, -0.2) is 0 Å². The number of carbonyl (C=O) groups is 1. The van der Waals surface area contributed by atoms with E-state index in [1.807, 2.05) is 42.6 Å². The van der Waals surface area contributed by atoms with Crippen molar-refractivity contribution >= 4 is 47.5 Å². The number of carbonyl (C=O) groups excluding carboxylic acids is 1. The lowest BCUT2D eigenvalue weighted by Crippen LogP contribution is -2.67. The van der Waals surface area contributed by atoms with E-state index in [0.29, 0.717) is 53.2 Å². The van der Waals surface area contributed by atoms with Gasteiger partial charge in [0.2, 0.25) is 5.78 Å². The fourth-order valence-corrected chi connectivity index (χ4v) is 13.4. The second kappa shape index (κ2) is 17.2. The molecule has 8 rings (SSSR count). The molecule has 2 aliphatic rings. The van der Waals surface area contributed by atoms with E-state index in [1.165, 1.54) is 15.9 Å². The van der Waals surface area contributed by atoms with E-state index in [2.05, 4.69) is 122 Å². The van der Waals surface area contributed by atoms with Crippen LogP contribution in [0.2, 0.25) is 10.1 Å². The Balaban J connectivity index is 1.06. The Morgan fingerprint density at radius 1 is 0.845 bits per heavy atom. The Morgan fingerprint density at radius 3 is 2.12 bits per heavy atom.